The van der Waals surface area contributed by atoms with E-state index in [1.165, 1.54) is 11.8 Å². The number of amides is 1. The molecule has 120 valence electrons. The molecule has 5 heteroatoms. The van der Waals surface area contributed by atoms with Crippen molar-refractivity contribution in [1.29, 1.82) is 0 Å². The summed E-state index contributed by atoms with van der Waals surface area (Å²) in [6, 6.07) is 17.4. The molecule has 3 aromatic rings. The van der Waals surface area contributed by atoms with Crippen molar-refractivity contribution in [3.63, 3.8) is 0 Å². The molecule has 3 rings (SSSR count). The Labute approximate surface area is 140 Å². The number of nitrogens with one attached hydrogen (secondary N) is 2. The Bertz CT molecular complexity index is 789. The number of nitrogens with zero attached hydrogens (tertiary/aromatic N) is 2. The topological polar surface area (TPSA) is 66.9 Å². The van der Waals surface area contributed by atoms with Gasteiger partial charge in [-0.25, -0.2) is 4.98 Å². The lowest BCUT2D eigenvalue weighted by atomic mass is 10.1. The highest BCUT2D eigenvalue weighted by molar-refractivity contribution is 6.03. The minimum atomic E-state index is -0.205. The minimum Gasteiger partial charge on any atom is -0.364 e. The Balaban J connectivity index is 1.62. The number of pyridine rings is 2. The lowest BCUT2D eigenvalue weighted by molar-refractivity contribution is 0.102. The third-order valence-electron chi connectivity index (χ3n) is 3.61. The van der Waals surface area contributed by atoms with Gasteiger partial charge in [0.15, 0.2) is 0 Å². The molecule has 0 spiro atoms. The van der Waals surface area contributed by atoms with Crippen LogP contribution in [0, 0.1) is 0 Å². The van der Waals surface area contributed by atoms with E-state index in [0.717, 1.165) is 5.82 Å². The van der Waals surface area contributed by atoms with Crippen molar-refractivity contribution in [1.82, 2.24) is 9.97 Å². The zero-order valence-corrected chi connectivity index (χ0v) is 13.3. The third kappa shape index (κ3) is 3.95. The molecule has 0 fully saturated rings. The fourth-order valence-electron chi connectivity index (χ4n) is 2.30. The SMILES string of the molecule is CC(Nc1ccc(NC(=O)c2cccnc2)cn1)c1ccccc1. The van der Waals surface area contributed by atoms with Crippen molar-refractivity contribution in [3.8, 4) is 0 Å². The van der Waals surface area contributed by atoms with Crippen LogP contribution in [0.2, 0.25) is 0 Å². The second kappa shape index (κ2) is 7.37. The largest absolute Gasteiger partial charge is 0.364 e. The van der Waals surface area contributed by atoms with Gasteiger partial charge in [0, 0.05) is 18.4 Å². The summed E-state index contributed by atoms with van der Waals surface area (Å²) in [4.78, 5) is 20.4. The van der Waals surface area contributed by atoms with Gasteiger partial charge in [0.2, 0.25) is 0 Å². The first kappa shape index (κ1) is 15.7. The maximum atomic E-state index is 12.1. The summed E-state index contributed by atoms with van der Waals surface area (Å²) < 4.78 is 0. The number of aromatic nitrogens is 2. The molecule has 2 aromatic heterocycles. The van der Waals surface area contributed by atoms with Gasteiger partial charge >= 0.3 is 0 Å². The number of benzene rings is 1. The number of carbonyl (C=O) groups excluding carboxylic acids is 1. The smallest absolute Gasteiger partial charge is 0.257 e. The van der Waals surface area contributed by atoms with Gasteiger partial charge in [0.25, 0.3) is 5.91 Å². The molecule has 2 heterocycles. The van der Waals surface area contributed by atoms with E-state index >= 15 is 0 Å². The number of hydrogen-bond acceptors (Lipinski definition) is 4. The molecule has 0 bridgehead atoms. The highest BCUT2D eigenvalue weighted by atomic mass is 16.1. The van der Waals surface area contributed by atoms with Crippen LogP contribution in [0.15, 0.2) is 73.2 Å². The van der Waals surface area contributed by atoms with Crippen LogP contribution in [-0.2, 0) is 0 Å². The van der Waals surface area contributed by atoms with Gasteiger partial charge in [-0.3, -0.25) is 9.78 Å². The van der Waals surface area contributed by atoms with Crippen molar-refractivity contribution in [2.45, 2.75) is 13.0 Å². The first-order chi connectivity index (χ1) is 11.7. The van der Waals surface area contributed by atoms with E-state index in [4.69, 9.17) is 0 Å². The van der Waals surface area contributed by atoms with Gasteiger partial charge in [0.05, 0.1) is 17.4 Å². The van der Waals surface area contributed by atoms with E-state index in [0.29, 0.717) is 11.3 Å². The molecule has 0 saturated heterocycles. The lowest BCUT2D eigenvalue weighted by Crippen LogP contribution is -2.12. The Morgan fingerprint density at radius 3 is 2.50 bits per heavy atom. The summed E-state index contributed by atoms with van der Waals surface area (Å²) in [6.45, 7) is 2.08. The maximum absolute atomic E-state index is 12.1. The fourth-order valence-corrected chi connectivity index (χ4v) is 2.30. The van der Waals surface area contributed by atoms with E-state index in [1.807, 2.05) is 30.3 Å². The van der Waals surface area contributed by atoms with E-state index in [1.54, 1.807) is 24.5 Å². The van der Waals surface area contributed by atoms with Crippen LogP contribution in [0.1, 0.15) is 28.9 Å². The second-order valence-corrected chi connectivity index (χ2v) is 5.40. The summed E-state index contributed by atoms with van der Waals surface area (Å²) in [7, 11) is 0. The Morgan fingerprint density at radius 1 is 1.00 bits per heavy atom. The fraction of sp³-hybridized carbons (Fsp3) is 0.105. The highest BCUT2D eigenvalue weighted by Crippen LogP contribution is 2.18. The molecule has 1 aromatic carbocycles. The van der Waals surface area contributed by atoms with Gasteiger partial charge in [-0.15, -0.1) is 0 Å². The van der Waals surface area contributed by atoms with E-state index in [9.17, 15) is 4.79 Å². The number of anilines is 2. The summed E-state index contributed by atoms with van der Waals surface area (Å²) in [5, 5.41) is 6.14. The van der Waals surface area contributed by atoms with Crippen LogP contribution < -0.4 is 10.6 Å². The molecule has 0 aliphatic heterocycles. The maximum Gasteiger partial charge on any atom is 0.257 e. The molecule has 24 heavy (non-hydrogen) atoms. The van der Waals surface area contributed by atoms with E-state index in [-0.39, 0.29) is 11.9 Å². The molecule has 0 aliphatic rings. The Kier molecular flexibility index (Phi) is 4.81. The van der Waals surface area contributed by atoms with E-state index < -0.39 is 0 Å². The zero-order chi connectivity index (χ0) is 16.8. The van der Waals surface area contributed by atoms with Gasteiger partial charge in [-0.2, -0.15) is 0 Å². The molecule has 1 unspecified atom stereocenters. The molecule has 5 nitrogen and oxygen atoms in total. The molecule has 0 saturated carbocycles. The molecule has 2 N–H and O–H groups in total. The molecule has 0 radical (unpaired) electrons. The average molecular weight is 318 g/mol. The molecular formula is C19H18N4O. The van der Waals surface area contributed by atoms with Crippen molar-refractivity contribution in [2.24, 2.45) is 0 Å². The van der Waals surface area contributed by atoms with Crippen molar-refractivity contribution < 1.29 is 4.79 Å². The zero-order valence-electron chi connectivity index (χ0n) is 13.3. The van der Waals surface area contributed by atoms with Crippen molar-refractivity contribution in [3.05, 3.63) is 84.3 Å². The highest BCUT2D eigenvalue weighted by Gasteiger charge is 2.08. The Hall–Kier alpha value is -3.21. The second-order valence-electron chi connectivity index (χ2n) is 5.40. The Morgan fingerprint density at radius 2 is 1.83 bits per heavy atom. The van der Waals surface area contributed by atoms with Crippen LogP contribution in [0.25, 0.3) is 0 Å². The van der Waals surface area contributed by atoms with Gasteiger partial charge < -0.3 is 10.6 Å². The summed E-state index contributed by atoms with van der Waals surface area (Å²) in [5.41, 5.74) is 2.34. The van der Waals surface area contributed by atoms with Gasteiger partial charge in [-0.1, -0.05) is 30.3 Å². The van der Waals surface area contributed by atoms with Gasteiger partial charge in [-0.05, 0) is 36.8 Å². The predicted molar refractivity (Wildman–Crippen MR) is 94.9 cm³/mol. The summed E-state index contributed by atoms with van der Waals surface area (Å²) >= 11 is 0. The lowest BCUT2D eigenvalue weighted by Gasteiger charge is -2.15. The van der Waals surface area contributed by atoms with E-state index in [2.05, 4.69) is 39.7 Å². The number of rotatable bonds is 5. The normalized spacial score (nSPS) is 11.5. The van der Waals surface area contributed by atoms with Crippen LogP contribution in [0.3, 0.4) is 0 Å². The predicted octanol–water partition coefficient (Wildman–Crippen LogP) is 3.90. The van der Waals surface area contributed by atoms with Gasteiger partial charge in [0.1, 0.15) is 5.82 Å². The van der Waals surface area contributed by atoms with Crippen LogP contribution >= 0.6 is 0 Å². The monoisotopic (exact) mass is 318 g/mol. The van der Waals surface area contributed by atoms with Crippen molar-refractivity contribution >= 4 is 17.4 Å². The third-order valence-corrected chi connectivity index (χ3v) is 3.61. The molecule has 0 aliphatic carbocycles. The van der Waals surface area contributed by atoms with Crippen LogP contribution in [0.5, 0.6) is 0 Å². The number of hydrogen-bond donors (Lipinski definition) is 2. The molecule has 1 amide bonds. The van der Waals surface area contributed by atoms with Crippen LogP contribution in [-0.4, -0.2) is 15.9 Å². The average Bonchev–Trinajstić information content (AvgIpc) is 2.65. The minimum absolute atomic E-state index is 0.148. The standard InChI is InChI=1S/C19H18N4O/c1-14(15-6-3-2-4-7-15)22-18-10-9-17(13-21-18)23-19(24)16-8-5-11-20-12-16/h2-14H,1H3,(H,21,22)(H,23,24). The quantitative estimate of drug-likeness (QED) is 0.748. The first-order valence-electron chi connectivity index (χ1n) is 7.71. The van der Waals surface area contributed by atoms with Crippen molar-refractivity contribution in [2.75, 3.05) is 10.6 Å². The van der Waals surface area contributed by atoms with Crippen LogP contribution in [0.4, 0.5) is 11.5 Å². The molecular weight excluding hydrogens is 300 g/mol. The first-order valence-corrected chi connectivity index (χ1v) is 7.71. The molecule has 1 atom stereocenters. The number of carbonyl (C=O) groups is 1. The summed E-state index contributed by atoms with van der Waals surface area (Å²) in [6.07, 6.45) is 4.79. The summed E-state index contributed by atoms with van der Waals surface area (Å²) in [5.74, 6) is 0.550.